The van der Waals surface area contributed by atoms with Crippen LogP contribution in [0.4, 0.5) is 5.82 Å². The second kappa shape index (κ2) is 6.94. The Morgan fingerprint density at radius 3 is 2.60 bits per heavy atom. The minimum atomic E-state index is -0.336. The lowest BCUT2D eigenvalue weighted by Gasteiger charge is -2.10. The molecule has 0 saturated heterocycles. The minimum Gasteiger partial charge on any atom is -0.497 e. The van der Waals surface area contributed by atoms with Crippen LogP contribution in [0.1, 0.15) is 21.7 Å². The molecular weight excluding hydrogens is 340 g/mol. The molecule has 1 N–H and O–H groups in total. The smallest absolute Gasteiger partial charge is 0.275 e. The van der Waals surface area contributed by atoms with Gasteiger partial charge in [0.25, 0.3) is 5.91 Å². The second-order valence-electron chi connectivity index (χ2n) is 5.48. The number of aromatic nitrogens is 3. The number of pyridine rings is 1. The molecule has 7 heteroatoms. The van der Waals surface area contributed by atoms with E-state index >= 15 is 0 Å². The first-order chi connectivity index (χ1) is 12.0. The SMILES string of the molecule is COc1ccnc(C(=O)Nc2c(C)c(C)nn2-c2ccc(Cl)cc2)c1. The van der Waals surface area contributed by atoms with Crippen LogP contribution in [0, 0.1) is 13.8 Å². The zero-order chi connectivity index (χ0) is 18.0. The molecule has 0 unspecified atom stereocenters. The standard InChI is InChI=1S/C18H17ClN4O2/c1-11-12(2)22-23(14-6-4-13(19)5-7-14)17(11)21-18(24)16-10-15(25-3)8-9-20-16/h4-10H,1-3H3,(H,21,24). The van der Waals surface area contributed by atoms with Gasteiger partial charge in [-0.15, -0.1) is 0 Å². The van der Waals surface area contributed by atoms with Crippen molar-refractivity contribution in [3.63, 3.8) is 0 Å². The van der Waals surface area contributed by atoms with Crippen molar-refractivity contribution in [1.29, 1.82) is 0 Å². The van der Waals surface area contributed by atoms with Gasteiger partial charge in [0.05, 0.1) is 18.5 Å². The molecule has 3 aromatic rings. The monoisotopic (exact) mass is 356 g/mol. The van der Waals surface area contributed by atoms with Crippen LogP contribution in [-0.4, -0.2) is 27.8 Å². The summed E-state index contributed by atoms with van der Waals surface area (Å²) in [6.45, 7) is 3.80. The maximum atomic E-state index is 12.6. The van der Waals surface area contributed by atoms with Crippen molar-refractivity contribution in [2.75, 3.05) is 12.4 Å². The molecule has 0 radical (unpaired) electrons. The van der Waals surface area contributed by atoms with Crippen LogP contribution in [0.25, 0.3) is 5.69 Å². The molecule has 0 aliphatic carbocycles. The third kappa shape index (κ3) is 3.49. The third-order valence-electron chi connectivity index (χ3n) is 3.86. The lowest BCUT2D eigenvalue weighted by molar-refractivity contribution is 0.102. The summed E-state index contributed by atoms with van der Waals surface area (Å²) in [5.74, 6) is 0.825. The summed E-state index contributed by atoms with van der Waals surface area (Å²) in [4.78, 5) is 16.7. The highest BCUT2D eigenvalue weighted by Crippen LogP contribution is 2.24. The highest BCUT2D eigenvalue weighted by atomic mass is 35.5. The topological polar surface area (TPSA) is 69.0 Å². The van der Waals surface area contributed by atoms with Gasteiger partial charge in [-0.3, -0.25) is 9.78 Å². The van der Waals surface area contributed by atoms with Gasteiger partial charge in [-0.2, -0.15) is 5.10 Å². The first-order valence-corrected chi connectivity index (χ1v) is 8.01. The van der Waals surface area contributed by atoms with Crippen LogP contribution in [0.15, 0.2) is 42.6 Å². The van der Waals surface area contributed by atoms with E-state index in [1.165, 1.54) is 6.20 Å². The number of nitrogens with one attached hydrogen (secondary N) is 1. The van der Waals surface area contributed by atoms with Crippen molar-refractivity contribution in [3.05, 3.63) is 64.6 Å². The Morgan fingerprint density at radius 2 is 1.92 bits per heavy atom. The van der Waals surface area contributed by atoms with E-state index in [0.29, 0.717) is 16.6 Å². The molecule has 0 bridgehead atoms. The number of aryl methyl sites for hydroxylation is 1. The lowest BCUT2D eigenvalue weighted by Crippen LogP contribution is -2.17. The summed E-state index contributed by atoms with van der Waals surface area (Å²) in [5, 5.41) is 8.03. The summed E-state index contributed by atoms with van der Waals surface area (Å²) >= 11 is 5.95. The summed E-state index contributed by atoms with van der Waals surface area (Å²) in [6.07, 6.45) is 1.53. The summed E-state index contributed by atoms with van der Waals surface area (Å²) < 4.78 is 6.82. The van der Waals surface area contributed by atoms with Crippen molar-refractivity contribution < 1.29 is 9.53 Å². The molecular formula is C18H17ClN4O2. The van der Waals surface area contributed by atoms with E-state index in [9.17, 15) is 4.79 Å². The van der Waals surface area contributed by atoms with Crippen LogP contribution in [0.2, 0.25) is 5.02 Å². The number of nitrogens with zero attached hydrogens (tertiary/aromatic N) is 3. The lowest BCUT2D eigenvalue weighted by atomic mass is 10.2. The van der Waals surface area contributed by atoms with Crippen molar-refractivity contribution in [2.24, 2.45) is 0 Å². The molecule has 3 rings (SSSR count). The molecule has 128 valence electrons. The number of amides is 1. The molecule has 0 fully saturated rings. The number of carbonyl (C=O) groups excluding carboxylic acids is 1. The Kier molecular flexibility index (Phi) is 4.72. The van der Waals surface area contributed by atoms with Gasteiger partial charge in [0.15, 0.2) is 0 Å². The van der Waals surface area contributed by atoms with E-state index in [0.717, 1.165) is 16.9 Å². The van der Waals surface area contributed by atoms with Gasteiger partial charge < -0.3 is 10.1 Å². The molecule has 0 spiro atoms. The fraction of sp³-hybridized carbons (Fsp3) is 0.167. The number of benzene rings is 1. The molecule has 0 atom stereocenters. The highest BCUT2D eigenvalue weighted by molar-refractivity contribution is 6.30. The van der Waals surface area contributed by atoms with Crippen molar-refractivity contribution in [2.45, 2.75) is 13.8 Å². The van der Waals surface area contributed by atoms with Crippen LogP contribution in [0.3, 0.4) is 0 Å². The van der Waals surface area contributed by atoms with Gasteiger partial charge >= 0.3 is 0 Å². The number of hydrogen-bond donors (Lipinski definition) is 1. The number of rotatable bonds is 4. The van der Waals surface area contributed by atoms with Gasteiger partial charge in [-0.25, -0.2) is 4.68 Å². The number of hydrogen-bond acceptors (Lipinski definition) is 4. The molecule has 1 aromatic carbocycles. The van der Waals surface area contributed by atoms with Gasteiger partial charge in [0, 0.05) is 22.8 Å². The van der Waals surface area contributed by atoms with Crippen LogP contribution < -0.4 is 10.1 Å². The normalized spacial score (nSPS) is 10.6. The summed E-state index contributed by atoms with van der Waals surface area (Å²) in [6, 6.07) is 10.5. The average Bonchev–Trinajstić information content (AvgIpc) is 2.90. The van der Waals surface area contributed by atoms with Gasteiger partial charge in [-0.1, -0.05) is 11.6 Å². The van der Waals surface area contributed by atoms with Gasteiger partial charge in [-0.05, 0) is 44.2 Å². The first kappa shape index (κ1) is 17.0. The molecule has 0 saturated carbocycles. The van der Waals surface area contributed by atoms with Crippen molar-refractivity contribution in [3.8, 4) is 11.4 Å². The maximum Gasteiger partial charge on any atom is 0.275 e. The van der Waals surface area contributed by atoms with Gasteiger partial charge in [0.1, 0.15) is 17.3 Å². The Bertz CT molecular complexity index is 919. The molecule has 6 nitrogen and oxygen atoms in total. The summed E-state index contributed by atoms with van der Waals surface area (Å²) in [7, 11) is 1.54. The van der Waals surface area contributed by atoms with E-state index in [-0.39, 0.29) is 11.6 Å². The minimum absolute atomic E-state index is 0.264. The van der Waals surface area contributed by atoms with Crippen LogP contribution in [0.5, 0.6) is 5.75 Å². The summed E-state index contributed by atoms with van der Waals surface area (Å²) in [5.41, 5.74) is 2.77. The number of methoxy groups -OCH3 is 1. The highest BCUT2D eigenvalue weighted by Gasteiger charge is 2.17. The zero-order valence-electron chi connectivity index (χ0n) is 14.1. The van der Waals surface area contributed by atoms with E-state index in [1.807, 2.05) is 26.0 Å². The fourth-order valence-corrected chi connectivity index (χ4v) is 2.48. The Morgan fingerprint density at radius 1 is 1.20 bits per heavy atom. The molecule has 25 heavy (non-hydrogen) atoms. The maximum absolute atomic E-state index is 12.6. The number of carbonyl (C=O) groups is 1. The quantitative estimate of drug-likeness (QED) is 0.772. The zero-order valence-corrected chi connectivity index (χ0v) is 14.8. The molecule has 2 heterocycles. The Hall–Kier alpha value is -2.86. The number of ether oxygens (including phenoxy) is 1. The van der Waals surface area contributed by atoms with Crippen LogP contribution >= 0.6 is 11.6 Å². The van der Waals surface area contributed by atoms with Gasteiger partial charge in [0.2, 0.25) is 0 Å². The largest absolute Gasteiger partial charge is 0.497 e. The first-order valence-electron chi connectivity index (χ1n) is 7.63. The predicted octanol–water partition coefficient (Wildman–Crippen LogP) is 3.80. The molecule has 1 amide bonds. The van der Waals surface area contributed by atoms with Crippen LogP contribution in [-0.2, 0) is 0 Å². The average molecular weight is 357 g/mol. The van der Waals surface area contributed by atoms with E-state index in [2.05, 4.69) is 15.4 Å². The second-order valence-corrected chi connectivity index (χ2v) is 5.92. The molecule has 0 aliphatic heterocycles. The molecule has 0 aliphatic rings. The fourth-order valence-electron chi connectivity index (χ4n) is 2.35. The Labute approximate surface area is 150 Å². The van der Waals surface area contributed by atoms with E-state index in [1.54, 1.807) is 36.1 Å². The Balaban J connectivity index is 1.96. The number of halogens is 1. The van der Waals surface area contributed by atoms with E-state index in [4.69, 9.17) is 16.3 Å². The van der Waals surface area contributed by atoms with Crippen molar-refractivity contribution >= 4 is 23.3 Å². The number of anilines is 1. The van der Waals surface area contributed by atoms with Crippen molar-refractivity contribution in [1.82, 2.24) is 14.8 Å². The van der Waals surface area contributed by atoms with E-state index < -0.39 is 0 Å². The molecule has 2 aromatic heterocycles. The third-order valence-corrected chi connectivity index (χ3v) is 4.11. The predicted molar refractivity (Wildman–Crippen MR) is 96.8 cm³/mol.